The molecule has 0 aliphatic carbocycles. The van der Waals surface area contributed by atoms with Gasteiger partial charge in [-0.05, 0) is 25.3 Å². The van der Waals surface area contributed by atoms with Crippen molar-refractivity contribution >= 4 is 11.7 Å². The summed E-state index contributed by atoms with van der Waals surface area (Å²) in [7, 11) is 0. The maximum Gasteiger partial charge on any atom is 0.490 e. The minimum absolute atomic E-state index is 0.324. The van der Waals surface area contributed by atoms with Gasteiger partial charge in [0.15, 0.2) is 5.69 Å². The van der Waals surface area contributed by atoms with Gasteiger partial charge in [0.1, 0.15) is 11.7 Å². The van der Waals surface area contributed by atoms with Crippen molar-refractivity contribution in [3.05, 3.63) is 17.5 Å². The number of pyridine rings is 1. The smallest absolute Gasteiger partial charge is 0.477 e. The summed E-state index contributed by atoms with van der Waals surface area (Å²) < 4.78 is 133. The first-order chi connectivity index (χ1) is 16.4. The van der Waals surface area contributed by atoms with Crippen molar-refractivity contribution in [3.63, 3.8) is 0 Å². The third kappa shape index (κ3) is 5.57. The van der Waals surface area contributed by atoms with Gasteiger partial charge in [-0.1, -0.05) is 0 Å². The Morgan fingerprint density at radius 3 is 2.36 bits per heavy atom. The molecular weight excluding hydrogens is 523 g/mol. The zero-order chi connectivity index (χ0) is 27.1. The highest BCUT2D eigenvalue weighted by Gasteiger charge is 2.58. The van der Waals surface area contributed by atoms with E-state index >= 15 is 0 Å². The third-order valence-corrected chi connectivity index (χ3v) is 5.02. The molecule has 3 heterocycles. The standard InChI is InChI=1S/C18H15F9N4O5/c19-16(20,21)8-6-9(28)10-12-30-31-13(36-12)15(33,18(25,26)27)4-1-2-7(3-5-34-11(8)29-10)35-14(32)17(22,23)24/h6-7,33H,1-5,28H2. The lowest BCUT2D eigenvalue weighted by Crippen LogP contribution is -2.43. The lowest BCUT2D eigenvalue weighted by Gasteiger charge is -2.28. The molecule has 3 N–H and O–H groups in total. The number of esters is 1. The lowest BCUT2D eigenvalue weighted by atomic mass is 9.94. The van der Waals surface area contributed by atoms with Gasteiger partial charge < -0.3 is 24.7 Å². The fourth-order valence-electron chi connectivity index (χ4n) is 3.21. The van der Waals surface area contributed by atoms with Crippen LogP contribution in [0.2, 0.25) is 0 Å². The molecule has 2 aromatic rings. The van der Waals surface area contributed by atoms with Crippen LogP contribution in [0.1, 0.15) is 37.1 Å². The predicted molar refractivity (Wildman–Crippen MR) is 96.8 cm³/mol. The SMILES string of the molecule is Nc1cc(C(F)(F)F)c2nc1-c1nnc(o1)C(O)(C(F)(F)F)CCCC(OC(=O)C(F)(F)F)CCO2. The quantitative estimate of drug-likeness (QED) is 0.410. The number of aliphatic hydroxyl groups is 1. The summed E-state index contributed by atoms with van der Waals surface area (Å²) in [5.41, 5.74) is -1.24. The summed E-state index contributed by atoms with van der Waals surface area (Å²) in [6.07, 6.45) is -21.0. The van der Waals surface area contributed by atoms with Crippen LogP contribution in [0.5, 0.6) is 5.88 Å². The molecule has 0 aromatic carbocycles. The summed E-state index contributed by atoms with van der Waals surface area (Å²) in [5.74, 6) is -6.12. The Morgan fingerprint density at radius 2 is 1.78 bits per heavy atom. The number of nitrogen functional groups attached to an aromatic ring is 1. The number of alkyl halides is 9. The molecule has 4 bridgehead atoms. The van der Waals surface area contributed by atoms with Crippen LogP contribution in [0.3, 0.4) is 0 Å². The molecule has 0 radical (unpaired) electrons. The van der Waals surface area contributed by atoms with Crippen molar-refractivity contribution in [2.75, 3.05) is 12.3 Å². The molecule has 36 heavy (non-hydrogen) atoms. The van der Waals surface area contributed by atoms with Crippen molar-refractivity contribution < 1.29 is 63.3 Å². The Kier molecular flexibility index (Phi) is 7.04. The van der Waals surface area contributed by atoms with Gasteiger partial charge in [0.2, 0.25) is 11.5 Å². The van der Waals surface area contributed by atoms with Crippen LogP contribution < -0.4 is 10.5 Å². The molecule has 0 spiro atoms. The van der Waals surface area contributed by atoms with Gasteiger partial charge in [0.25, 0.3) is 11.8 Å². The van der Waals surface area contributed by atoms with Crippen LogP contribution in [0.15, 0.2) is 10.5 Å². The van der Waals surface area contributed by atoms with Crippen LogP contribution >= 0.6 is 0 Å². The zero-order valence-corrected chi connectivity index (χ0v) is 17.6. The molecule has 18 heteroatoms. The van der Waals surface area contributed by atoms with Gasteiger partial charge in [-0.3, -0.25) is 0 Å². The number of halogens is 9. The second-order valence-corrected chi connectivity index (χ2v) is 7.60. The first-order valence-electron chi connectivity index (χ1n) is 9.85. The minimum Gasteiger partial charge on any atom is -0.477 e. The number of rotatable bonds is 1. The average Bonchev–Trinajstić information content (AvgIpc) is 3.21. The predicted octanol–water partition coefficient (Wildman–Crippen LogP) is 3.91. The molecule has 2 aromatic heterocycles. The van der Waals surface area contributed by atoms with Crippen LogP contribution in [0, 0.1) is 0 Å². The van der Waals surface area contributed by atoms with Gasteiger partial charge in [-0.15, -0.1) is 10.2 Å². The van der Waals surface area contributed by atoms with E-state index in [2.05, 4.69) is 19.9 Å². The number of hydrogen-bond acceptors (Lipinski definition) is 9. The van der Waals surface area contributed by atoms with Gasteiger partial charge in [0, 0.05) is 6.42 Å². The van der Waals surface area contributed by atoms with Crippen molar-refractivity contribution in [1.82, 2.24) is 15.2 Å². The minimum atomic E-state index is -5.45. The molecule has 0 fully saturated rings. The molecule has 200 valence electrons. The fourth-order valence-corrected chi connectivity index (χ4v) is 3.21. The van der Waals surface area contributed by atoms with Gasteiger partial charge in [-0.25, -0.2) is 9.78 Å². The van der Waals surface area contributed by atoms with Gasteiger partial charge >= 0.3 is 24.5 Å². The van der Waals surface area contributed by atoms with Crippen LogP contribution in [0.4, 0.5) is 45.2 Å². The van der Waals surface area contributed by atoms with Crippen molar-refractivity contribution in [3.8, 4) is 17.5 Å². The molecule has 3 rings (SSSR count). The Bertz CT molecular complexity index is 1120. The van der Waals surface area contributed by atoms with E-state index in [0.717, 1.165) is 0 Å². The van der Waals surface area contributed by atoms with Gasteiger partial charge in [-0.2, -0.15) is 39.5 Å². The number of hydrogen-bond donors (Lipinski definition) is 2. The highest BCUT2D eigenvalue weighted by molar-refractivity contribution is 5.75. The number of carbonyl (C=O) groups is 1. The highest BCUT2D eigenvalue weighted by atomic mass is 19.4. The number of anilines is 1. The topological polar surface area (TPSA) is 134 Å². The van der Waals surface area contributed by atoms with Crippen LogP contribution in [-0.2, 0) is 21.3 Å². The number of aromatic nitrogens is 3. The van der Waals surface area contributed by atoms with E-state index in [9.17, 15) is 49.4 Å². The average molecular weight is 538 g/mol. The second-order valence-electron chi connectivity index (χ2n) is 7.60. The van der Waals surface area contributed by atoms with Crippen LogP contribution in [0.25, 0.3) is 11.6 Å². The number of nitrogens with zero attached hydrogens (tertiary/aromatic N) is 3. The summed E-state index contributed by atoms with van der Waals surface area (Å²) >= 11 is 0. The highest BCUT2D eigenvalue weighted by Crippen LogP contribution is 2.44. The largest absolute Gasteiger partial charge is 0.490 e. The summed E-state index contributed by atoms with van der Waals surface area (Å²) in [6.45, 7) is -0.798. The van der Waals surface area contributed by atoms with Gasteiger partial charge in [0.05, 0.1) is 12.3 Å². The molecule has 9 nitrogen and oxygen atoms in total. The zero-order valence-electron chi connectivity index (χ0n) is 17.6. The molecule has 0 saturated carbocycles. The monoisotopic (exact) mass is 538 g/mol. The van der Waals surface area contributed by atoms with Crippen LogP contribution in [-0.4, -0.2) is 51.3 Å². The van der Waals surface area contributed by atoms with E-state index in [0.29, 0.717) is 6.07 Å². The molecule has 0 amide bonds. The number of nitrogens with two attached hydrogens (primary N) is 1. The van der Waals surface area contributed by atoms with E-state index in [1.807, 2.05) is 0 Å². The maximum absolute atomic E-state index is 13.7. The normalized spacial score (nSPS) is 21.9. The fraction of sp³-hybridized carbons (Fsp3) is 0.556. The molecule has 1 aliphatic heterocycles. The van der Waals surface area contributed by atoms with Crippen molar-refractivity contribution in [2.45, 2.75) is 55.9 Å². The Labute approximate surface area is 194 Å². The summed E-state index contributed by atoms with van der Waals surface area (Å²) in [5, 5.41) is 16.7. The number of carbonyl (C=O) groups excluding carboxylic acids is 1. The number of ether oxygens (including phenoxy) is 2. The first kappa shape index (κ1) is 27.3. The molecule has 1 aliphatic rings. The summed E-state index contributed by atoms with van der Waals surface area (Å²) in [6, 6.07) is 0.324. The van der Waals surface area contributed by atoms with E-state index in [1.165, 1.54) is 0 Å². The Hall–Kier alpha value is -3.31. The molecule has 0 saturated heterocycles. The van der Waals surface area contributed by atoms with Crippen molar-refractivity contribution in [2.24, 2.45) is 0 Å². The maximum atomic E-state index is 13.7. The second kappa shape index (κ2) is 9.29. The molecule has 2 unspecified atom stereocenters. The van der Waals surface area contributed by atoms with E-state index < -0.39 is 103 Å². The van der Waals surface area contributed by atoms with E-state index in [-0.39, 0.29) is 0 Å². The number of fused-ring (bicyclic) bond motifs is 5. The van der Waals surface area contributed by atoms with Crippen molar-refractivity contribution in [1.29, 1.82) is 0 Å². The molecule has 2 atom stereocenters. The van der Waals surface area contributed by atoms with E-state index in [1.54, 1.807) is 0 Å². The Morgan fingerprint density at radius 1 is 1.11 bits per heavy atom. The molecular formula is C18H15F9N4O5. The Balaban J connectivity index is 2.09. The third-order valence-electron chi connectivity index (χ3n) is 5.02. The first-order valence-corrected chi connectivity index (χ1v) is 9.85. The lowest BCUT2D eigenvalue weighted by molar-refractivity contribution is -0.277. The summed E-state index contributed by atoms with van der Waals surface area (Å²) in [4.78, 5) is 14.7. The van der Waals surface area contributed by atoms with E-state index in [4.69, 9.17) is 14.9 Å².